The number of amides is 2. The van der Waals surface area contributed by atoms with E-state index in [4.69, 9.17) is 4.74 Å². The van der Waals surface area contributed by atoms with Crippen molar-refractivity contribution in [3.05, 3.63) is 48.3 Å². The van der Waals surface area contributed by atoms with Crippen LogP contribution in [0.3, 0.4) is 0 Å². The molecular weight excluding hydrogens is 332 g/mol. The number of carbonyl (C=O) groups excluding carboxylic acids is 1. The second-order valence-electron chi connectivity index (χ2n) is 6.30. The Morgan fingerprint density at radius 3 is 3.08 bits per heavy atom. The first-order valence-corrected chi connectivity index (χ1v) is 8.66. The van der Waals surface area contributed by atoms with Crippen LogP contribution in [0.15, 0.2) is 42.6 Å². The van der Waals surface area contributed by atoms with Crippen LogP contribution >= 0.6 is 0 Å². The van der Waals surface area contributed by atoms with Gasteiger partial charge in [0.2, 0.25) is 0 Å². The zero-order valence-electron chi connectivity index (χ0n) is 14.3. The summed E-state index contributed by atoms with van der Waals surface area (Å²) in [5, 5.41) is 13.5. The molecule has 1 aliphatic heterocycles. The van der Waals surface area contributed by atoms with Crippen molar-refractivity contribution < 1.29 is 9.53 Å². The molecule has 134 valence electrons. The second kappa shape index (κ2) is 7.49. The number of pyridine rings is 1. The minimum atomic E-state index is -0.126. The number of ether oxygens (including phenoxy) is 1. The summed E-state index contributed by atoms with van der Waals surface area (Å²) < 4.78 is 5.94. The van der Waals surface area contributed by atoms with E-state index in [1.807, 2.05) is 30.3 Å². The summed E-state index contributed by atoms with van der Waals surface area (Å²) in [4.78, 5) is 18.6. The topological polar surface area (TPSA) is 96.0 Å². The van der Waals surface area contributed by atoms with Crippen molar-refractivity contribution in [3.63, 3.8) is 0 Å². The fourth-order valence-electron chi connectivity index (χ4n) is 3.07. The van der Waals surface area contributed by atoms with E-state index in [0.717, 1.165) is 36.1 Å². The molecule has 26 heavy (non-hydrogen) atoms. The number of nitrogens with one attached hydrogen (secondary N) is 2. The number of H-pyrrole nitrogens is 1. The Kier molecular flexibility index (Phi) is 4.74. The van der Waals surface area contributed by atoms with E-state index < -0.39 is 0 Å². The molecule has 0 radical (unpaired) electrons. The van der Waals surface area contributed by atoms with Gasteiger partial charge in [0.25, 0.3) is 0 Å². The number of hydrogen-bond donors (Lipinski definition) is 2. The van der Waals surface area contributed by atoms with Crippen molar-refractivity contribution in [2.75, 3.05) is 18.4 Å². The Labute approximate surface area is 150 Å². The van der Waals surface area contributed by atoms with E-state index in [-0.39, 0.29) is 12.1 Å². The van der Waals surface area contributed by atoms with Crippen molar-refractivity contribution in [1.82, 2.24) is 25.3 Å². The maximum absolute atomic E-state index is 12.6. The molecule has 8 heteroatoms. The average molecular weight is 352 g/mol. The van der Waals surface area contributed by atoms with Crippen LogP contribution in [0.4, 0.5) is 10.5 Å². The summed E-state index contributed by atoms with van der Waals surface area (Å²) in [6.45, 7) is 1.76. The molecule has 2 aromatic heterocycles. The molecule has 0 saturated carbocycles. The van der Waals surface area contributed by atoms with E-state index in [0.29, 0.717) is 18.8 Å². The molecule has 0 bridgehead atoms. The van der Waals surface area contributed by atoms with E-state index in [2.05, 4.69) is 25.7 Å². The van der Waals surface area contributed by atoms with Gasteiger partial charge in [-0.15, -0.1) is 0 Å². The number of aromatic nitrogens is 4. The minimum absolute atomic E-state index is 0.0227. The third-order valence-corrected chi connectivity index (χ3v) is 4.43. The highest BCUT2D eigenvalue weighted by molar-refractivity contribution is 5.91. The maximum Gasteiger partial charge on any atom is 0.321 e. The van der Waals surface area contributed by atoms with Crippen molar-refractivity contribution >= 4 is 22.8 Å². The smallest absolute Gasteiger partial charge is 0.321 e. The highest BCUT2D eigenvalue weighted by Crippen LogP contribution is 2.18. The van der Waals surface area contributed by atoms with Crippen molar-refractivity contribution in [3.8, 4) is 0 Å². The molecule has 1 saturated heterocycles. The predicted octanol–water partition coefficient (Wildman–Crippen LogP) is 2.57. The zero-order chi connectivity index (χ0) is 17.8. The number of nitrogens with zero attached hydrogens (tertiary/aromatic N) is 4. The third-order valence-electron chi connectivity index (χ3n) is 4.43. The van der Waals surface area contributed by atoms with Gasteiger partial charge in [-0.3, -0.25) is 4.98 Å². The molecular formula is C18H20N6O2. The number of urea groups is 1. The lowest BCUT2D eigenvalue weighted by atomic mass is 10.1. The maximum atomic E-state index is 12.6. The first kappa shape index (κ1) is 16.5. The lowest BCUT2D eigenvalue weighted by Gasteiger charge is -2.32. The highest BCUT2D eigenvalue weighted by Gasteiger charge is 2.24. The standard InChI is InChI=1S/C18H20N6O2/c25-18(20-13-6-7-16-17(10-13)22-23-21-16)24-9-3-5-15(11-24)26-12-14-4-1-2-8-19-14/h1-2,4,6-8,10,15H,3,5,9,11-12H2,(H,20,25)(H,21,22,23)/t15-/m0/s1. The summed E-state index contributed by atoms with van der Waals surface area (Å²) in [5.41, 5.74) is 3.09. The SMILES string of the molecule is O=C(Nc1ccc2n[nH]nc2c1)N1CCC[C@H](OCc2ccccn2)C1. The largest absolute Gasteiger partial charge is 0.370 e. The number of likely N-dealkylation sites (tertiary alicyclic amines) is 1. The molecule has 3 aromatic rings. The summed E-state index contributed by atoms with van der Waals surface area (Å²) in [5.74, 6) is 0. The van der Waals surface area contributed by atoms with Crippen LogP contribution in [0.1, 0.15) is 18.5 Å². The number of piperidine rings is 1. The number of rotatable bonds is 4. The quantitative estimate of drug-likeness (QED) is 0.752. The second-order valence-corrected chi connectivity index (χ2v) is 6.30. The Morgan fingerprint density at radius 1 is 1.27 bits per heavy atom. The summed E-state index contributed by atoms with van der Waals surface area (Å²) in [7, 11) is 0. The molecule has 1 fully saturated rings. The normalized spacial score (nSPS) is 17.4. The Bertz CT molecular complexity index is 882. The number of fused-ring (bicyclic) bond motifs is 1. The molecule has 2 amide bonds. The summed E-state index contributed by atoms with van der Waals surface area (Å²) >= 11 is 0. The van der Waals surface area contributed by atoms with Crippen LogP contribution in [0.2, 0.25) is 0 Å². The monoisotopic (exact) mass is 352 g/mol. The molecule has 8 nitrogen and oxygen atoms in total. The van der Waals surface area contributed by atoms with Gasteiger partial charge in [-0.05, 0) is 43.2 Å². The number of anilines is 1. The Hall–Kier alpha value is -3.00. The molecule has 0 aliphatic carbocycles. The van der Waals surface area contributed by atoms with Crippen LogP contribution in [-0.4, -0.2) is 50.5 Å². The van der Waals surface area contributed by atoms with Crippen LogP contribution in [0, 0.1) is 0 Å². The molecule has 3 heterocycles. The number of aromatic amines is 1. The first-order valence-electron chi connectivity index (χ1n) is 8.66. The average Bonchev–Trinajstić information content (AvgIpc) is 3.15. The molecule has 0 spiro atoms. The van der Waals surface area contributed by atoms with Gasteiger partial charge in [-0.25, -0.2) is 4.79 Å². The minimum Gasteiger partial charge on any atom is -0.370 e. The van der Waals surface area contributed by atoms with Gasteiger partial charge in [-0.1, -0.05) is 6.07 Å². The van der Waals surface area contributed by atoms with Crippen LogP contribution < -0.4 is 5.32 Å². The lowest BCUT2D eigenvalue weighted by Crippen LogP contribution is -2.45. The van der Waals surface area contributed by atoms with Gasteiger partial charge < -0.3 is 15.0 Å². The lowest BCUT2D eigenvalue weighted by molar-refractivity contribution is -0.000325. The van der Waals surface area contributed by atoms with Crippen LogP contribution in [0.25, 0.3) is 11.0 Å². The molecule has 4 rings (SSSR count). The number of hydrogen-bond acceptors (Lipinski definition) is 5. The zero-order valence-corrected chi connectivity index (χ0v) is 14.3. The van der Waals surface area contributed by atoms with Gasteiger partial charge >= 0.3 is 6.03 Å². The molecule has 1 aliphatic rings. The van der Waals surface area contributed by atoms with E-state index in [1.165, 1.54) is 0 Å². The van der Waals surface area contributed by atoms with E-state index in [9.17, 15) is 4.79 Å². The van der Waals surface area contributed by atoms with Crippen molar-refractivity contribution in [2.24, 2.45) is 0 Å². The van der Waals surface area contributed by atoms with Crippen LogP contribution in [-0.2, 0) is 11.3 Å². The Morgan fingerprint density at radius 2 is 2.19 bits per heavy atom. The Balaban J connectivity index is 1.33. The fourth-order valence-corrected chi connectivity index (χ4v) is 3.07. The van der Waals surface area contributed by atoms with E-state index in [1.54, 1.807) is 17.2 Å². The van der Waals surface area contributed by atoms with E-state index >= 15 is 0 Å². The van der Waals surface area contributed by atoms with Gasteiger partial charge in [0.05, 0.1) is 18.4 Å². The molecule has 2 N–H and O–H groups in total. The highest BCUT2D eigenvalue weighted by atomic mass is 16.5. The molecule has 1 aromatic carbocycles. The molecule has 1 atom stereocenters. The number of carbonyl (C=O) groups is 1. The third kappa shape index (κ3) is 3.80. The molecule has 0 unspecified atom stereocenters. The van der Waals surface area contributed by atoms with Crippen LogP contribution in [0.5, 0.6) is 0 Å². The van der Waals surface area contributed by atoms with Crippen molar-refractivity contribution in [1.29, 1.82) is 0 Å². The summed E-state index contributed by atoms with van der Waals surface area (Å²) in [6.07, 6.45) is 3.64. The fraction of sp³-hybridized carbons (Fsp3) is 0.333. The van der Waals surface area contributed by atoms with Gasteiger partial charge in [-0.2, -0.15) is 15.4 Å². The van der Waals surface area contributed by atoms with Gasteiger partial charge in [0.1, 0.15) is 11.0 Å². The summed E-state index contributed by atoms with van der Waals surface area (Å²) in [6, 6.07) is 11.1. The first-order chi connectivity index (χ1) is 12.8. The number of benzene rings is 1. The predicted molar refractivity (Wildman–Crippen MR) is 96.5 cm³/mol. The van der Waals surface area contributed by atoms with Gasteiger partial charge in [0.15, 0.2) is 0 Å². The van der Waals surface area contributed by atoms with Crippen molar-refractivity contribution in [2.45, 2.75) is 25.6 Å². The van der Waals surface area contributed by atoms with Gasteiger partial charge in [0, 0.05) is 25.0 Å².